The lowest BCUT2D eigenvalue weighted by molar-refractivity contribution is -0.143. The van der Waals surface area contributed by atoms with Gasteiger partial charge in [-0.2, -0.15) is 26.3 Å². The number of halogens is 6. The number of rotatable bonds is 2. The summed E-state index contributed by atoms with van der Waals surface area (Å²) in [5.74, 6) is 4.42. The van der Waals surface area contributed by atoms with E-state index in [1.807, 2.05) is 5.92 Å². The third-order valence-corrected chi connectivity index (χ3v) is 3.24. The standard InChI is InChI=1S/C14H10F6OS/c1-9(21)22-8-3-2-5-10-11(13(15,16)17)6-4-7-12(10)14(18,19)20/h4,6-7H,3,8H2,1H3. The maximum Gasteiger partial charge on any atom is 0.417 e. The van der Waals surface area contributed by atoms with Crippen molar-refractivity contribution in [2.45, 2.75) is 25.7 Å². The Bertz CT molecular complexity index is 574. The SMILES string of the molecule is CC(=O)SCCC#Cc1c(C(F)(F)F)cccc1C(F)(F)F. The molecule has 1 nitrogen and oxygen atoms in total. The zero-order chi connectivity index (χ0) is 17.0. The summed E-state index contributed by atoms with van der Waals surface area (Å²) in [6.07, 6.45) is -9.85. The topological polar surface area (TPSA) is 17.1 Å². The molecule has 120 valence electrons. The van der Waals surface area contributed by atoms with Gasteiger partial charge in [0.25, 0.3) is 0 Å². The molecule has 1 rings (SSSR count). The molecule has 0 radical (unpaired) electrons. The molecule has 8 heteroatoms. The summed E-state index contributed by atoms with van der Waals surface area (Å²) in [5, 5.41) is -0.200. The first-order chi connectivity index (χ1) is 10.0. The van der Waals surface area contributed by atoms with Gasteiger partial charge in [0.05, 0.1) is 11.1 Å². The van der Waals surface area contributed by atoms with E-state index in [0.29, 0.717) is 18.2 Å². The van der Waals surface area contributed by atoms with Crippen LogP contribution in [0.3, 0.4) is 0 Å². The van der Waals surface area contributed by atoms with Gasteiger partial charge in [-0.3, -0.25) is 4.79 Å². The first kappa shape index (κ1) is 18.4. The number of thioether (sulfide) groups is 1. The molecular weight excluding hydrogens is 330 g/mol. The van der Waals surface area contributed by atoms with Crippen molar-refractivity contribution in [2.24, 2.45) is 0 Å². The Balaban J connectivity index is 3.19. The van der Waals surface area contributed by atoms with Gasteiger partial charge in [-0.15, -0.1) is 0 Å². The van der Waals surface area contributed by atoms with Gasteiger partial charge in [0, 0.05) is 24.7 Å². The van der Waals surface area contributed by atoms with Crippen molar-refractivity contribution in [3.8, 4) is 11.8 Å². The van der Waals surface area contributed by atoms with Gasteiger partial charge in [-0.05, 0) is 12.1 Å². The van der Waals surface area contributed by atoms with E-state index in [4.69, 9.17) is 0 Å². The molecule has 0 fully saturated rings. The van der Waals surface area contributed by atoms with Gasteiger partial charge in [-0.25, -0.2) is 0 Å². The quantitative estimate of drug-likeness (QED) is 0.439. The molecule has 0 aliphatic rings. The highest BCUT2D eigenvalue weighted by Gasteiger charge is 2.40. The van der Waals surface area contributed by atoms with Gasteiger partial charge >= 0.3 is 12.4 Å². The molecule has 0 aromatic heterocycles. The van der Waals surface area contributed by atoms with Gasteiger partial charge in [0.15, 0.2) is 5.12 Å². The van der Waals surface area contributed by atoms with Crippen LogP contribution in [0, 0.1) is 11.8 Å². The minimum Gasteiger partial charge on any atom is -0.288 e. The first-order valence-corrected chi connectivity index (χ1v) is 6.91. The van der Waals surface area contributed by atoms with Crippen molar-refractivity contribution >= 4 is 16.9 Å². The number of hydrogen-bond donors (Lipinski definition) is 0. The van der Waals surface area contributed by atoms with Crippen molar-refractivity contribution in [3.63, 3.8) is 0 Å². The van der Waals surface area contributed by atoms with Gasteiger partial charge < -0.3 is 0 Å². The fraction of sp³-hybridized carbons (Fsp3) is 0.357. The molecule has 0 unspecified atom stereocenters. The molecule has 1 aromatic carbocycles. The normalized spacial score (nSPS) is 11.8. The van der Waals surface area contributed by atoms with Crippen molar-refractivity contribution in [3.05, 3.63) is 34.9 Å². The molecule has 0 saturated heterocycles. The highest BCUT2D eigenvalue weighted by atomic mass is 32.2. The molecular formula is C14H10F6OS. The van der Waals surface area contributed by atoms with E-state index in [1.165, 1.54) is 6.92 Å². The summed E-state index contributed by atoms with van der Waals surface area (Å²) in [7, 11) is 0. The summed E-state index contributed by atoms with van der Waals surface area (Å²) >= 11 is 0.900. The van der Waals surface area contributed by atoms with Crippen LogP contribution >= 0.6 is 11.8 Å². The summed E-state index contributed by atoms with van der Waals surface area (Å²) in [6.45, 7) is 1.30. The lowest BCUT2D eigenvalue weighted by Crippen LogP contribution is -2.14. The minimum atomic E-state index is -4.93. The monoisotopic (exact) mass is 340 g/mol. The molecule has 0 aliphatic heterocycles. The molecule has 0 atom stereocenters. The zero-order valence-electron chi connectivity index (χ0n) is 11.2. The largest absolute Gasteiger partial charge is 0.417 e. The predicted molar refractivity (Wildman–Crippen MR) is 71.1 cm³/mol. The van der Waals surface area contributed by atoms with E-state index < -0.39 is 29.0 Å². The van der Waals surface area contributed by atoms with Gasteiger partial charge in [0.1, 0.15) is 0 Å². The van der Waals surface area contributed by atoms with Crippen LogP contribution in [0.25, 0.3) is 0 Å². The molecule has 1 aromatic rings. The third kappa shape index (κ3) is 5.30. The Morgan fingerprint density at radius 2 is 1.59 bits per heavy atom. The van der Waals surface area contributed by atoms with E-state index in [2.05, 4.69) is 5.92 Å². The van der Waals surface area contributed by atoms with Crippen LogP contribution in [0.4, 0.5) is 26.3 Å². The average molecular weight is 340 g/mol. The highest BCUT2D eigenvalue weighted by Crippen LogP contribution is 2.38. The number of benzene rings is 1. The number of carbonyl (C=O) groups is 1. The van der Waals surface area contributed by atoms with Crippen LogP contribution in [0.1, 0.15) is 30.0 Å². The van der Waals surface area contributed by atoms with Gasteiger partial charge in [-0.1, -0.05) is 29.7 Å². The fourth-order valence-electron chi connectivity index (χ4n) is 1.56. The van der Waals surface area contributed by atoms with Gasteiger partial charge in [0.2, 0.25) is 0 Å². The van der Waals surface area contributed by atoms with Crippen molar-refractivity contribution in [1.29, 1.82) is 0 Å². The van der Waals surface area contributed by atoms with Crippen LogP contribution in [0.15, 0.2) is 18.2 Å². The van der Waals surface area contributed by atoms with Crippen molar-refractivity contribution in [2.75, 3.05) is 5.75 Å². The van der Waals surface area contributed by atoms with E-state index in [1.54, 1.807) is 0 Å². The Labute approximate surface area is 127 Å². The Kier molecular flexibility index (Phi) is 5.94. The van der Waals surface area contributed by atoms with Crippen LogP contribution < -0.4 is 0 Å². The van der Waals surface area contributed by atoms with Crippen molar-refractivity contribution < 1.29 is 31.1 Å². The molecule has 0 bridgehead atoms. The third-order valence-electron chi connectivity index (χ3n) is 2.42. The Morgan fingerprint density at radius 3 is 2.00 bits per heavy atom. The molecule has 0 N–H and O–H groups in total. The summed E-state index contributed by atoms with van der Waals surface area (Å²) in [4.78, 5) is 10.7. The zero-order valence-corrected chi connectivity index (χ0v) is 12.0. The highest BCUT2D eigenvalue weighted by molar-refractivity contribution is 8.13. The summed E-state index contributed by atoms with van der Waals surface area (Å²) < 4.78 is 76.9. The number of alkyl halides is 6. The first-order valence-electron chi connectivity index (χ1n) is 5.93. The molecule has 0 aliphatic carbocycles. The molecule has 0 spiro atoms. The summed E-state index contributed by atoms with van der Waals surface area (Å²) in [6, 6.07) is 1.82. The van der Waals surface area contributed by atoms with E-state index >= 15 is 0 Å². The smallest absolute Gasteiger partial charge is 0.288 e. The van der Waals surface area contributed by atoms with Crippen LogP contribution in [-0.2, 0) is 17.1 Å². The van der Waals surface area contributed by atoms with Crippen LogP contribution in [-0.4, -0.2) is 10.9 Å². The second-order valence-electron chi connectivity index (χ2n) is 4.12. The van der Waals surface area contributed by atoms with Crippen LogP contribution in [0.5, 0.6) is 0 Å². The lowest BCUT2D eigenvalue weighted by atomic mass is 10.0. The van der Waals surface area contributed by atoms with E-state index in [0.717, 1.165) is 11.8 Å². The Hall–Kier alpha value is -1.62. The van der Waals surface area contributed by atoms with Crippen molar-refractivity contribution in [1.82, 2.24) is 0 Å². The van der Waals surface area contributed by atoms with Crippen LogP contribution in [0.2, 0.25) is 0 Å². The summed E-state index contributed by atoms with van der Waals surface area (Å²) in [5.41, 5.74) is -3.93. The second kappa shape index (κ2) is 7.09. The average Bonchev–Trinajstić information content (AvgIpc) is 2.35. The number of hydrogen-bond acceptors (Lipinski definition) is 2. The Morgan fingerprint density at radius 1 is 1.09 bits per heavy atom. The lowest BCUT2D eigenvalue weighted by Gasteiger charge is -2.14. The maximum atomic E-state index is 12.8. The molecule has 0 amide bonds. The molecule has 22 heavy (non-hydrogen) atoms. The predicted octanol–water partition coefficient (Wildman–Crippen LogP) is 4.75. The maximum absolute atomic E-state index is 12.8. The molecule has 0 heterocycles. The second-order valence-corrected chi connectivity index (χ2v) is 5.39. The fourth-order valence-corrected chi connectivity index (χ4v) is 2.05. The number of carbonyl (C=O) groups excluding carboxylic acids is 1. The van der Waals surface area contributed by atoms with E-state index in [-0.39, 0.29) is 17.3 Å². The minimum absolute atomic E-state index is 0.00767. The van der Waals surface area contributed by atoms with E-state index in [9.17, 15) is 31.1 Å². The molecule has 0 saturated carbocycles.